The number of para-hydroxylation sites is 1. The van der Waals surface area contributed by atoms with Crippen molar-refractivity contribution in [2.24, 2.45) is 0 Å². The van der Waals surface area contributed by atoms with Crippen LogP contribution in [0.1, 0.15) is 20.8 Å². The van der Waals surface area contributed by atoms with Crippen molar-refractivity contribution in [1.29, 1.82) is 0 Å². The number of rotatable bonds is 5. The van der Waals surface area contributed by atoms with Crippen molar-refractivity contribution in [1.82, 2.24) is 4.57 Å². The van der Waals surface area contributed by atoms with Crippen LogP contribution >= 0.6 is 11.8 Å². The molecule has 0 aliphatic rings. The highest BCUT2D eigenvalue weighted by Gasteiger charge is 2.18. The zero-order valence-electron chi connectivity index (χ0n) is 11.6. The number of hydrogen-bond donors (Lipinski definition) is 0. The SMILES string of the molecule is CCOC(=O)C(C)Sc1cn(CC)c2ccccc12. The first kappa shape index (κ1) is 14.0. The van der Waals surface area contributed by atoms with Gasteiger partial charge in [-0.25, -0.2) is 0 Å². The molecule has 102 valence electrons. The summed E-state index contributed by atoms with van der Waals surface area (Å²) in [5.41, 5.74) is 1.21. The number of aryl methyl sites for hydroxylation is 1. The fourth-order valence-corrected chi connectivity index (χ4v) is 3.10. The summed E-state index contributed by atoms with van der Waals surface area (Å²) in [5, 5.41) is 1.02. The first-order valence-electron chi connectivity index (χ1n) is 6.58. The zero-order chi connectivity index (χ0) is 13.8. The fraction of sp³-hybridized carbons (Fsp3) is 0.400. The Bertz CT molecular complexity index is 577. The maximum atomic E-state index is 11.7. The van der Waals surface area contributed by atoms with Gasteiger partial charge in [0.05, 0.1) is 6.61 Å². The minimum atomic E-state index is -0.184. The predicted molar refractivity (Wildman–Crippen MR) is 79.6 cm³/mol. The number of thioether (sulfide) groups is 1. The lowest BCUT2D eigenvalue weighted by Crippen LogP contribution is -2.16. The lowest BCUT2D eigenvalue weighted by Gasteiger charge is -2.09. The van der Waals surface area contributed by atoms with Crippen LogP contribution < -0.4 is 0 Å². The maximum absolute atomic E-state index is 11.7. The third-order valence-electron chi connectivity index (χ3n) is 3.01. The molecule has 4 heteroatoms. The van der Waals surface area contributed by atoms with Crippen LogP contribution in [-0.2, 0) is 16.1 Å². The van der Waals surface area contributed by atoms with Gasteiger partial charge >= 0.3 is 5.97 Å². The summed E-state index contributed by atoms with van der Waals surface area (Å²) in [6, 6.07) is 8.28. The van der Waals surface area contributed by atoms with Crippen molar-refractivity contribution in [2.75, 3.05) is 6.61 Å². The summed E-state index contributed by atoms with van der Waals surface area (Å²) < 4.78 is 7.26. The fourth-order valence-electron chi connectivity index (χ4n) is 2.07. The summed E-state index contributed by atoms with van der Waals surface area (Å²) in [4.78, 5) is 12.8. The monoisotopic (exact) mass is 277 g/mol. The number of ether oxygens (including phenoxy) is 1. The lowest BCUT2D eigenvalue weighted by molar-refractivity contribution is -0.142. The van der Waals surface area contributed by atoms with Crippen molar-refractivity contribution in [3.05, 3.63) is 30.5 Å². The molecule has 0 saturated heterocycles. The van der Waals surface area contributed by atoms with E-state index in [1.54, 1.807) is 11.8 Å². The quantitative estimate of drug-likeness (QED) is 0.617. The average molecular weight is 277 g/mol. The number of esters is 1. The standard InChI is InChI=1S/C15H19NO2S/c1-4-16-10-14(12-8-6-7-9-13(12)16)19-11(3)15(17)18-5-2/h6-11H,4-5H2,1-3H3. The molecule has 0 saturated carbocycles. The van der Waals surface area contributed by atoms with Crippen molar-refractivity contribution >= 4 is 28.6 Å². The molecule has 0 radical (unpaired) electrons. The number of carbonyl (C=O) groups is 1. The Morgan fingerprint density at radius 3 is 2.79 bits per heavy atom. The van der Waals surface area contributed by atoms with Crippen LogP contribution in [0.3, 0.4) is 0 Å². The Balaban J connectivity index is 2.28. The summed E-state index contributed by atoms with van der Waals surface area (Å²) in [7, 11) is 0. The number of hydrogen-bond acceptors (Lipinski definition) is 3. The van der Waals surface area contributed by atoms with Gasteiger partial charge in [-0.05, 0) is 26.8 Å². The molecule has 0 bridgehead atoms. The van der Waals surface area contributed by atoms with Gasteiger partial charge in [0.15, 0.2) is 0 Å². The number of aromatic nitrogens is 1. The molecule has 1 heterocycles. The number of carbonyl (C=O) groups excluding carboxylic acids is 1. The molecular formula is C15H19NO2S. The van der Waals surface area contributed by atoms with Crippen molar-refractivity contribution in [3.8, 4) is 0 Å². The molecule has 0 aliphatic heterocycles. The number of nitrogens with zero attached hydrogens (tertiary/aromatic N) is 1. The van der Waals surface area contributed by atoms with E-state index < -0.39 is 0 Å². The van der Waals surface area contributed by atoms with Gasteiger partial charge in [0.1, 0.15) is 5.25 Å². The minimum absolute atomic E-state index is 0.152. The van der Waals surface area contributed by atoms with Gasteiger partial charge in [-0.3, -0.25) is 4.79 Å². The van der Waals surface area contributed by atoms with E-state index in [4.69, 9.17) is 4.74 Å². The second kappa shape index (κ2) is 6.15. The molecule has 1 aromatic carbocycles. The Kier molecular flexibility index (Phi) is 4.53. The Hall–Kier alpha value is -1.42. The molecule has 0 N–H and O–H groups in total. The predicted octanol–water partition coefficient (Wildman–Crippen LogP) is 3.70. The van der Waals surface area contributed by atoms with E-state index in [1.165, 1.54) is 10.9 Å². The van der Waals surface area contributed by atoms with Crippen molar-refractivity contribution < 1.29 is 9.53 Å². The summed E-state index contributed by atoms with van der Waals surface area (Å²) in [5.74, 6) is -0.152. The Morgan fingerprint density at radius 1 is 1.37 bits per heavy atom. The van der Waals surface area contributed by atoms with E-state index in [0.717, 1.165) is 11.4 Å². The lowest BCUT2D eigenvalue weighted by atomic mass is 10.2. The van der Waals surface area contributed by atoms with Crippen LogP contribution in [0.5, 0.6) is 0 Å². The largest absolute Gasteiger partial charge is 0.465 e. The first-order chi connectivity index (χ1) is 9.17. The molecule has 1 unspecified atom stereocenters. The van der Waals surface area contributed by atoms with E-state index in [9.17, 15) is 4.79 Å². The van der Waals surface area contributed by atoms with Gasteiger partial charge in [-0.15, -0.1) is 11.8 Å². The van der Waals surface area contributed by atoms with Gasteiger partial charge in [-0.2, -0.15) is 0 Å². The van der Waals surface area contributed by atoms with Crippen LogP contribution in [0.2, 0.25) is 0 Å². The molecule has 3 nitrogen and oxygen atoms in total. The molecule has 1 aromatic heterocycles. The van der Waals surface area contributed by atoms with Crippen LogP contribution in [0.25, 0.3) is 10.9 Å². The Morgan fingerprint density at radius 2 is 2.11 bits per heavy atom. The molecular weight excluding hydrogens is 258 g/mol. The molecule has 0 aliphatic carbocycles. The second-order valence-electron chi connectivity index (χ2n) is 4.31. The van der Waals surface area contributed by atoms with Crippen molar-refractivity contribution in [2.45, 2.75) is 37.5 Å². The highest BCUT2D eigenvalue weighted by atomic mass is 32.2. The van der Waals surface area contributed by atoms with Gasteiger partial charge in [0.25, 0.3) is 0 Å². The molecule has 0 spiro atoms. The van der Waals surface area contributed by atoms with E-state index in [-0.39, 0.29) is 11.2 Å². The molecule has 0 fully saturated rings. The third kappa shape index (κ3) is 2.95. The summed E-state index contributed by atoms with van der Waals surface area (Å²) in [6.07, 6.45) is 2.12. The third-order valence-corrected chi connectivity index (χ3v) is 4.14. The van der Waals surface area contributed by atoms with E-state index in [0.29, 0.717) is 6.61 Å². The summed E-state index contributed by atoms with van der Waals surface area (Å²) in [6.45, 7) is 7.20. The zero-order valence-corrected chi connectivity index (χ0v) is 12.4. The first-order valence-corrected chi connectivity index (χ1v) is 7.46. The normalized spacial score (nSPS) is 12.6. The van der Waals surface area contributed by atoms with Gasteiger partial charge in [0.2, 0.25) is 0 Å². The van der Waals surface area contributed by atoms with Gasteiger partial charge in [-0.1, -0.05) is 18.2 Å². The topological polar surface area (TPSA) is 31.2 Å². The minimum Gasteiger partial charge on any atom is -0.465 e. The smallest absolute Gasteiger partial charge is 0.319 e. The highest BCUT2D eigenvalue weighted by molar-refractivity contribution is 8.00. The molecule has 0 amide bonds. The van der Waals surface area contributed by atoms with Gasteiger partial charge in [0, 0.05) is 28.5 Å². The molecule has 2 rings (SSSR count). The van der Waals surface area contributed by atoms with E-state index in [2.05, 4.69) is 29.8 Å². The number of fused-ring (bicyclic) bond motifs is 1. The van der Waals surface area contributed by atoms with Crippen LogP contribution in [-0.4, -0.2) is 22.4 Å². The van der Waals surface area contributed by atoms with E-state index in [1.807, 2.05) is 26.0 Å². The van der Waals surface area contributed by atoms with Crippen molar-refractivity contribution in [3.63, 3.8) is 0 Å². The maximum Gasteiger partial charge on any atom is 0.319 e. The molecule has 2 aromatic rings. The van der Waals surface area contributed by atoms with Crippen LogP contribution in [0.4, 0.5) is 0 Å². The van der Waals surface area contributed by atoms with Gasteiger partial charge < -0.3 is 9.30 Å². The van der Waals surface area contributed by atoms with E-state index >= 15 is 0 Å². The molecule has 1 atom stereocenters. The Labute approximate surface area is 117 Å². The highest BCUT2D eigenvalue weighted by Crippen LogP contribution is 2.32. The van der Waals surface area contributed by atoms with Crippen LogP contribution in [0.15, 0.2) is 35.4 Å². The second-order valence-corrected chi connectivity index (χ2v) is 5.69. The number of benzene rings is 1. The summed E-state index contributed by atoms with van der Waals surface area (Å²) >= 11 is 1.56. The average Bonchev–Trinajstić information content (AvgIpc) is 2.77. The van der Waals surface area contributed by atoms with Crippen LogP contribution in [0, 0.1) is 0 Å². The molecule has 19 heavy (non-hydrogen) atoms.